The molecule has 2 heterocycles. The van der Waals surface area contributed by atoms with Gasteiger partial charge in [0.2, 0.25) is 0 Å². The van der Waals surface area contributed by atoms with Crippen LogP contribution in [0.3, 0.4) is 0 Å². The fraction of sp³-hybridized carbons (Fsp3) is 0.0189. The standard InChI is InChI=1S/C53H33NOS/c1-2-15-36(16-3-1)54(48-26-13-22-43-42-20-8-11-27-49(42)55-50(43)48)37-31-28-35(29-32-37)39-21-12-25-46-51(39)56-52-38-17-5-4-14-34(38)30-33-47(52)53(46)44-23-9-6-18-40(44)41-19-7-10-24-45(41)53/h1-33H. The van der Waals surface area contributed by atoms with E-state index < -0.39 is 5.41 Å². The zero-order valence-electron chi connectivity index (χ0n) is 30.3. The second-order valence-electron chi connectivity index (χ2n) is 14.8. The van der Waals surface area contributed by atoms with Gasteiger partial charge in [0, 0.05) is 31.9 Å². The zero-order valence-corrected chi connectivity index (χ0v) is 31.1. The third-order valence-electron chi connectivity index (χ3n) is 11.9. The minimum absolute atomic E-state index is 0.446. The van der Waals surface area contributed by atoms with Crippen molar-refractivity contribution in [3.8, 4) is 22.3 Å². The molecule has 262 valence electrons. The molecule has 2 aliphatic rings. The molecule has 0 bridgehead atoms. The summed E-state index contributed by atoms with van der Waals surface area (Å²) in [5.74, 6) is 0. The Balaban J connectivity index is 1.06. The summed E-state index contributed by atoms with van der Waals surface area (Å²) in [7, 11) is 0. The molecule has 0 amide bonds. The molecule has 0 N–H and O–H groups in total. The molecule has 12 rings (SSSR count). The summed E-state index contributed by atoms with van der Waals surface area (Å²) < 4.78 is 6.57. The van der Waals surface area contributed by atoms with Crippen LogP contribution in [0.15, 0.2) is 214 Å². The average Bonchev–Trinajstić information content (AvgIpc) is 3.79. The second-order valence-corrected chi connectivity index (χ2v) is 15.8. The van der Waals surface area contributed by atoms with Crippen LogP contribution in [0.25, 0.3) is 55.0 Å². The van der Waals surface area contributed by atoms with Crippen molar-refractivity contribution >= 4 is 61.5 Å². The molecular formula is C53H33NOS. The van der Waals surface area contributed by atoms with Crippen molar-refractivity contribution in [2.45, 2.75) is 15.2 Å². The summed E-state index contributed by atoms with van der Waals surface area (Å²) in [6.07, 6.45) is 0. The fourth-order valence-corrected chi connectivity index (χ4v) is 11.0. The Labute approximate surface area is 329 Å². The van der Waals surface area contributed by atoms with Gasteiger partial charge >= 0.3 is 0 Å². The van der Waals surface area contributed by atoms with E-state index in [1.165, 1.54) is 65.1 Å². The van der Waals surface area contributed by atoms with E-state index in [-0.39, 0.29) is 0 Å². The predicted octanol–water partition coefficient (Wildman–Crippen LogP) is 14.7. The van der Waals surface area contributed by atoms with E-state index in [1.807, 2.05) is 23.9 Å². The number of rotatable bonds is 4. The first-order valence-corrected chi connectivity index (χ1v) is 20.0. The number of hydrogen-bond acceptors (Lipinski definition) is 3. The molecule has 0 radical (unpaired) electrons. The lowest BCUT2D eigenvalue weighted by Crippen LogP contribution is -2.32. The highest BCUT2D eigenvalue weighted by Gasteiger charge is 2.50. The minimum Gasteiger partial charge on any atom is -0.454 e. The van der Waals surface area contributed by atoms with E-state index in [9.17, 15) is 0 Å². The van der Waals surface area contributed by atoms with Crippen LogP contribution in [0.1, 0.15) is 22.3 Å². The van der Waals surface area contributed by atoms with Gasteiger partial charge in [0.25, 0.3) is 0 Å². The maximum Gasteiger partial charge on any atom is 0.159 e. The average molecular weight is 732 g/mol. The Morgan fingerprint density at radius 1 is 0.393 bits per heavy atom. The topological polar surface area (TPSA) is 16.4 Å². The molecule has 1 spiro atoms. The molecule has 1 aromatic heterocycles. The smallest absolute Gasteiger partial charge is 0.159 e. The lowest BCUT2D eigenvalue weighted by molar-refractivity contribution is 0.669. The minimum atomic E-state index is -0.446. The van der Waals surface area contributed by atoms with Gasteiger partial charge in [-0.2, -0.15) is 0 Å². The third kappa shape index (κ3) is 4.35. The van der Waals surface area contributed by atoms with Crippen LogP contribution < -0.4 is 4.90 Å². The third-order valence-corrected chi connectivity index (χ3v) is 13.2. The van der Waals surface area contributed by atoms with Crippen LogP contribution >= 0.6 is 11.8 Å². The van der Waals surface area contributed by atoms with Gasteiger partial charge in [-0.25, -0.2) is 0 Å². The lowest BCUT2D eigenvalue weighted by Gasteiger charge is -2.41. The highest BCUT2D eigenvalue weighted by molar-refractivity contribution is 8.00. The Kier molecular flexibility index (Phi) is 6.81. The monoisotopic (exact) mass is 731 g/mol. The molecule has 9 aromatic carbocycles. The molecule has 1 aliphatic heterocycles. The normalized spacial score (nSPS) is 13.4. The van der Waals surface area contributed by atoms with Gasteiger partial charge in [0.1, 0.15) is 5.58 Å². The maximum absolute atomic E-state index is 6.57. The number of nitrogens with zero attached hydrogens (tertiary/aromatic N) is 1. The summed E-state index contributed by atoms with van der Waals surface area (Å²) in [5, 5.41) is 4.80. The van der Waals surface area contributed by atoms with Crippen molar-refractivity contribution in [3.63, 3.8) is 0 Å². The van der Waals surface area contributed by atoms with E-state index >= 15 is 0 Å². The van der Waals surface area contributed by atoms with E-state index in [4.69, 9.17) is 4.42 Å². The summed E-state index contributed by atoms with van der Waals surface area (Å²) in [6, 6.07) is 73.1. The van der Waals surface area contributed by atoms with Crippen LogP contribution in [0.5, 0.6) is 0 Å². The first-order valence-electron chi connectivity index (χ1n) is 19.2. The Hall–Kier alpha value is -6.81. The van der Waals surface area contributed by atoms with Crippen LogP contribution in [-0.2, 0) is 5.41 Å². The van der Waals surface area contributed by atoms with Gasteiger partial charge in [0.05, 0.1) is 11.1 Å². The zero-order chi connectivity index (χ0) is 36.8. The molecule has 2 nitrogen and oxygen atoms in total. The SMILES string of the molecule is c1ccc(N(c2ccc(-c3cccc4c3Sc3c(ccc5ccccc35)C43c4ccccc4-c4ccccc43)cc2)c2cccc3c2oc2ccccc23)cc1. The summed E-state index contributed by atoms with van der Waals surface area (Å²) in [4.78, 5) is 4.95. The number of benzene rings is 9. The highest BCUT2D eigenvalue weighted by Crippen LogP contribution is 2.64. The van der Waals surface area contributed by atoms with Crippen molar-refractivity contribution in [2.75, 3.05) is 4.90 Å². The first kappa shape index (κ1) is 31.5. The Bertz CT molecular complexity index is 3130. The summed E-state index contributed by atoms with van der Waals surface area (Å²) in [5.41, 5.74) is 14.9. The van der Waals surface area contributed by atoms with E-state index in [0.29, 0.717) is 0 Å². The van der Waals surface area contributed by atoms with Crippen molar-refractivity contribution < 1.29 is 4.42 Å². The number of anilines is 3. The molecule has 10 aromatic rings. The number of furan rings is 1. The van der Waals surface area contributed by atoms with Crippen LogP contribution in [0, 0.1) is 0 Å². The Morgan fingerprint density at radius 3 is 1.79 bits per heavy atom. The highest BCUT2D eigenvalue weighted by atomic mass is 32.2. The van der Waals surface area contributed by atoms with Gasteiger partial charge < -0.3 is 9.32 Å². The van der Waals surface area contributed by atoms with E-state index in [1.54, 1.807) is 0 Å². The van der Waals surface area contributed by atoms with Gasteiger partial charge in [-0.15, -0.1) is 0 Å². The van der Waals surface area contributed by atoms with E-state index in [2.05, 4.69) is 193 Å². The van der Waals surface area contributed by atoms with E-state index in [0.717, 1.165) is 39.0 Å². The van der Waals surface area contributed by atoms with Crippen molar-refractivity contribution in [3.05, 3.63) is 222 Å². The summed E-state index contributed by atoms with van der Waals surface area (Å²) >= 11 is 1.93. The summed E-state index contributed by atoms with van der Waals surface area (Å²) in [6.45, 7) is 0. The molecule has 1 aliphatic carbocycles. The van der Waals surface area contributed by atoms with Crippen molar-refractivity contribution in [2.24, 2.45) is 0 Å². The Morgan fingerprint density at radius 2 is 0.982 bits per heavy atom. The molecule has 0 atom stereocenters. The van der Waals surface area contributed by atoms with Crippen LogP contribution in [-0.4, -0.2) is 0 Å². The lowest BCUT2D eigenvalue weighted by atomic mass is 9.66. The number of para-hydroxylation sites is 3. The maximum atomic E-state index is 6.57. The second kappa shape index (κ2) is 12.1. The molecule has 0 unspecified atom stereocenters. The molecular weight excluding hydrogens is 699 g/mol. The fourth-order valence-electron chi connectivity index (χ4n) is 9.58. The van der Waals surface area contributed by atoms with Gasteiger partial charge in [-0.3, -0.25) is 0 Å². The quantitative estimate of drug-likeness (QED) is 0.179. The molecule has 0 saturated carbocycles. The van der Waals surface area contributed by atoms with Crippen molar-refractivity contribution in [1.82, 2.24) is 0 Å². The molecule has 3 heteroatoms. The molecule has 0 fully saturated rings. The number of hydrogen-bond donors (Lipinski definition) is 0. The molecule has 0 saturated heterocycles. The van der Waals surface area contributed by atoms with Crippen molar-refractivity contribution in [1.29, 1.82) is 0 Å². The predicted molar refractivity (Wildman–Crippen MR) is 233 cm³/mol. The number of fused-ring (bicyclic) bond motifs is 14. The van der Waals surface area contributed by atoms with Gasteiger partial charge in [0.15, 0.2) is 5.58 Å². The van der Waals surface area contributed by atoms with Gasteiger partial charge in [-0.1, -0.05) is 176 Å². The largest absolute Gasteiger partial charge is 0.454 e. The van der Waals surface area contributed by atoms with Crippen LogP contribution in [0.2, 0.25) is 0 Å². The first-order chi connectivity index (χ1) is 27.8. The molecule has 56 heavy (non-hydrogen) atoms. The van der Waals surface area contributed by atoms with Crippen LogP contribution in [0.4, 0.5) is 17.1 Å². The van der Waals surface area contributed by atoms with Gasteiger partial charge in [-0.05, 0) is 91.7 Å².